The maximum Gasteiger partial charge on any atom is 0.374 e. The number of nitrogens with zero attached hydrogens (tertiary/aromatic N) is 4. The summed E-state index contributed by atoms with van der Waals surface area (Å²) in [5.74, 6) is 1.82. The highest BCUT2D eigenvalue weighted by molar-refractivity contribution is 6.27. The summed E-state index contributed by atoms with van der Waals surface area (Å²) in [4.78, 5) is 4.97. The van der Waals surface area contributed by atoms with Crippen molar-refractivity contribution in [3.63, 3.8) is 0 Å². The van der Waals surface area contributed by atoms with Gasteiger partial charge in [-0.05, 0) is 60.0 Å². The van der Waals surface area contributed by atoms with E-state index in [0.717, 1.165) is 22.4 Å². The van der Waals surface area contributed by atoms with E-state index in [4.69, 9.17) is 9.72 Å². The molecule has 0 bridgehead atoms. The zero-order valence-electron chi connectivity index (χ0n) is 19.4. The molecule has 5 aromatic heterocycles. The van der Waals surface area contributed by atoms with Crippen LogP contribution in [0.15, 0.2) is 97.5 Å². The van der Waals surface area contributed by atoms with Crippen LogP contribution in [0.25, 0.3) is 60.4 Å². The molecule has 0 saturated carbocycles. The molecule has 5 heteroatoms. The summed E-state index contributed by atoms with van der Waals surface area (Å²) in [6.45, 7) is 0. The van der Waals surface area contributed by atoms with Crippen molar-refractivity contribution in [2.24, 2.45) is 0 Å². The van der Waals surface area contributed by atoms with Gasteiger partial charge >= 0.3 is 11.3 Å². The van der Waals surface area contributed by atoms with Crippen LogP contribution in [-0.2, 0) is 5.66 Å². The molecule has 11 rings (SSSR count). The fourth-order valence-electron chi connectivity index (χ4n) is 7.82. The Bertz CT molecular complexity index is 2400. The van der Waals surface area contributed by atoms with Crippen LogP contribution in [0.1, 0.15) is 11.1 Å². The fourth-order valence-corrected chi connectivity index (χ4v) is 7.82. The van der Waals surface area contributed by atoms with Crippen LogP contribution in [0.4, 0.5) is 0 Å². The molecular formula is C32H16N4O+2. The third kappa shape index (κ3) is 1.54. The number of fused-ring (bicyclic) bond motifs is 4. The van der Waals surface area contributed by atoms with Gasteiger partial charge in [-0.1, -0.05) is 12.1 Å². The van der Waals surface area contributed by atoms with Gasteiger partial charge in [0, 0.05) is 29.1 Å². The van der Waals surface area contributed by atoms with Crippen LogP contribution in [0, 0.1) is 0 Å². The first kappa shape index (κ1) is 17.4. The monoisotopic (exact) mass is 472 g/mol. The lowest BCUT2D eigenvalue weighted by Gasteiger charge is -2.33. The number of rotatable bonds is 0. The molecular weight excluding hydrogens is 456 g/mol. The molecule has 0 fully saturated rings. The van der Waals surface area contributed by atoms with Gasteiger partial charge in [0.05, 0.1) is 28.0 Å². The van der Waals surface area contributed by atoms with Crippen molar-refractivity contribution in [1.29, 1.82) is 0 Å². The van der Waals surface area contributed by atoms with Crippen LogP contribution in [0.3, 0.4) is 0 Å². The van der Waals surface area contributed by atoms with Crippen molar-refractivity contribution in [3.8, 4) is 22.8 Å². The molecule has 168 valence electrons. The van der Waals surface area contributed by atoms with E-state index in [2.05, 4.69) is 105 Å². The predicted molar refractivity (Wildman–Crippen MR) is 140 cm³/mol. The topological polar surface area (TPSA) is 34.3 Å². The number of hydrogen-bond acceptors (Lipinski definition) is 2. The fraction of sp³-hybridized carbons (Fsp3) is 0.0312. The molecule has 5 nitrogen and oxygen atoms in total. The highest BCUT2D eigenvalue weighted by Crippen LogP contribution is 2.56. The number of pyridine rings is 4. The molecule has 3 aliphatic rings. The van der Waals surface area contributed by atoms with Crippen LogP contribution >= 0.6 is 0 Å². The van der Waals surface area contributed by atoms with E-state index < -0.39 is 5.66 Å². The molecule has 1 unspecified atom stereocenters. The summed E-state index contributed by atoms with van der Waals surface area (Å²) in [6, 6.07) is 28.4. The van der Waals surface area contributed by atoms with Gasteiger partial charge in [0.25, 0.3) is 0 Å². The minimum absolute atomic E-state index is 0.600. The molecule has 8 aromatic rings. The Kier molecular flexibility index (Phi) is 2.46. The van der Waals surface area contributed by atoms with Crippen LogP contribution in [0.5, 0.6) is 11.5 Å². The van der Waals surface area contributed by atoms with Crippen LogP contribution in [-0.4, -0.2) is 9.38 Å². The Labute approximate surface area is 209 Å². The second-order valence-electron chi connectivity index (χ2n) is 10.4. The molecule has 0 N–H and O–H groups in total. The van der Waals surface area contributed by atoms with E-state index in [0.29, 0.717) is 0 Å². The van der Waals surface area contributed by atoms with E-state index in [1.54, 1.807) is 0 Å². The van der Waals surface area contributed by atoms with Crippen molar-refractivity contribution < 1.29 is 13.9 Å². The zero-order valence-corrected chi connectivity index (χ0v) is 19.4. The van der Waals surface area contributed by atoms with E-state index >= 15 is 0 Å². The van der Waals surface area contributed by atoms with Gasteiger partial charge < -0.3 is 4.74 Å². The molecule has 3 aromatic carbocycles. The largest absolute Gasteiger partial charge is 0.456 e. The third-order valence-electron chi connectivity index (χ3n) is 8.99. The van der Waals surface area contributed by atoms with E-state index in [1.807, 2.05) is 6.20 Å². The highest BCUT2D eigenvalue weighted by atomic mass is 16.5. The summed E-state index contributed by atoms with van der Waals surface area (Å²) in [7, 11) is 0. The predicted octanol–water partition coefficient (Wildman–Crippen LogP) is 5.66. The van der Waals surface area contributed by atoms with Crippen LogP contribution < -0.4 is 13.9 Å². The van der Waals surface area contributed by atoms with Gasteiger partial charge in [0.1, 0.15) is 17.1 Å². The first-order chi connectivity index (χ1) is 18.4. The Balaban J connectivity index is 1.57. The average molecular weight is 473 g/mol. The maximum absolute atomic E-state index is 6.73. The number of aromatic nitrogens is 4. The van der Waals surface area contributed by atoms with Gasteiger partial charge in [0.15, 0.2) is 22.8 Å². The average Bonchev–Trinajstić information content (AvgIpc) is 3.45. The van der Waals surface area contributed by atoms with E-state index in [1.165, 1.54) is 60.6 Å². The Morgan fingerprint density at radius 2 is 1.62 bits per heavy atom. The first-order valence-corrected chi connectivity index (χ1v) is 12.7. The van der Waals surface area contributed by atoms with Gasteiger partial charge in [-0.15, -0.1) is 4.57 Å². The summed E-state index contributed by atoms with van der Waals surface area (Å²) < 4.78 is 14.2. The van der Waals surface area contributed by atoms with Crippen molar-refractivity contribution >= 4 is 49.1 Å². The second-order valence-corrected chi connectivity index (χ2v) is 10.4. The quantitative estimate of drug-likeness (QED) is 0.162. The zero-order chi connectivity index (χ0) is 23.6. The number of hydrogen-bond donors (Lipinski definition) is 0. The summed E-state index contributed by atoms with van der Waals surface area (Å²) in [5, 5.41) is 6.11. The van der Waals surface area contributed by atoms with Gasteiger partial charge in [0.2, 0.25) is 5.69 Å². The number of benzene rings is 3. The first-order valence-electron chi connectivity index (χ1n) is 12.7. The lowest BCUT2D eigenvalue weighted by Crippen LogP contribution is -2.74. The lowest BCUT2D eigenvalue weighted by molar-refractivity contribution is -0.954. The minimum Gasteiger partial charge on any atom is -0.456 e. The molecule has 1 atom stereocenters. The second kappa shape index (κ2) is 5.22. The maximum atomic E-state index is 6.73. The normalized spacial score (nSPS) is 18.1. The van der Waals surface area contributed by atoms with Crippen molar-refractivity contribution in [2.45, 2.75) is 5.66 Å². The highest BCUT2D eigenvalue weighted by Gasteiger charge is 2.67. The lowest BCUT2D eigenvalue weighted by atomic mass is 9.83. The molecule has 0 aliphatic carbocycles. The molecule has 1 spiro atoms. The summed E-state index contributed by atoms with van der Waals surface area (Å²) in [5.41, 5.74) is 8.87. The molecule has 0 radical (unpaired) electrons. The van der Waals surface area contributed by atoms with Crippen LogP contribution in [0.2, 0.25) is 0 Å². The standard InChI is InChI=1S/C32H16N4O/c1-2-15-34-22(7-1)20-5-3-8-23-26(20)32(34)27-24(37-23)12-11-21-28-25-17(13-14-33-28)9-10-18-19-6-4-16-35(32)31(19)36(29(18)25)30(21)27/h1-16H/q+2. The smallest absolute Gasteiger partial charge is 0.374 e. The Morgan fingerprint density at radius 1 is 0.703 bits per heavy atom. The van der Waals surface area contributed by atoms with E-state index in [9.17, 15) is 0 Å². The molecule has 0 amide bonds. The summed E-state index contributed by atoms with van der Waals surface area (Å²) >= 11 is 0. The minimum atomic E-state index is -0.600. The molecule has 3 aliphatic heterocycles. The summed E-state index contributed by atoms with van der Waals surface area (Å²) in [6.07, 6.45) is 6.42. The van der Waals surface area contributed by atoms with E-state index in [-0.39, 0.29) is 0 Å². The Hall–Kier alpha value is -5.03. The van der Waals surface area contributed by atoms with Crippen molar-refractivity contribution in [1.82, 2.24) is 9.38 Å². The molecule has 8 heterocycles. The van der Waals surface area contributed by atoms with Crippen molar-refractivity contribution in [2.75, 3.05) is 0 Å². The van der Waals surface area contributed by atoms with Gasteiger partial charge in [-0.2, -0.15) is 8.97 Å². The molecule has 0 saturated heterocycles. The van der Waals surface area contributed by atoms with Gasteiger partial charge in [-0.25, -0.2) is 0 Å². The Morgan fingerprint density at radius 3 is 2.62 bits per heavy atom. The van der Waals surface area contributed by atoms with Crippen molar-refractivity contribution in [3.05, 3.63) is 109 Å². The van der Waals surface area contributed by atoms with Gasteiger partial charge in [-0.3, -0.25) is 4.98 Å². The third-order valence-corrected chi connectivity index (χ3v) is 8.99. The SMILES string of the molecule is c1cc2c3c(c1)-c1cccc[n+]1C31c3c(ccc4c5nccc6ccc7c8ccc[n+]1c8n(c34)c7c65)O2. The molecule has 37 heavy (non-hydrogen) atoms. The number of ether oxygens (including phenoxy) is 1.